The number of ketones is 1. The van der Waals surface area contributed by atoms with Crippen LogP contribution in [0.5, 0.6) is 11.5 Å². The van der Waals surface area contributed by atoms with E-state index in [1.54, 1.807) is 13.0 Å². The molecule has 10 heteroatoms. The minimum absolute atomic E-state index is 0.0613. The Morgan fingerprint density at radius 3 is 2.29 bits per heavy atom. The van der Waals surface area contributed by atoms with E-state index in [1.807, 2.05) is 13.8 Å². The van der Waals surface area contributed by atoms with Crippen LogP contribution in [0.1, 0.15) is 36.2 Å². The summed E-state index contributed by atoms with van der Waals surface area (Å²) in [5.74, 6) is -0.687. The Kier molecular flexibility index (Phi) is 6.83. The SMILES string of the molecule is Cc1cc2c(cc1C(=O)N[C@@H](CO)C(=O)NC(CC(C)C)C(=O)C1(CO)CO1)OCO2. The van der Waals surface area contributed by atoms with Crippen molar-refractivity contribution in [3.8, 4) is 11.5 Å². The monoisotopic (exact) mass is 436 g/mol. The Labute approximate surface area is 179 Å². The number of aliphatic hydroxyl groups excluding tert-OH is 2. The number of aliphatic hydroxyl groups is 2. The fraction of sp³-hybridized carbons (Fsp3) is 0.571. The Bertz CT molecular complexity index is 865. The molecule has 3 rings (SSSR count). The van der Waals surface area contributed by atoms with Crippen molar-refractivity contribution in [1.82, 2.24) is 10.6 Å². The van der Waals surface area contributed by atoms with Gasteiger partial charge in [-0.05, 0) is 37.0 Å². The molecule has 0 spiro atoms. The van der Waals surface area contributed by atoms with Gasteiger partial charge in [0.25, 0.3) is 5.91 Å². The third kappa shape index (κ3) is 4.97. The highest BCUT2D eigenvalue weighted by molar-refractivity contribution is 6.01. The molecule has 1 aromatic carbocycles. The van der Waals surface area contributed by atoms with Crippen LogP contribution in [0.4, 0.5) is 0 Å². The van der Waals surface area contributed by atoms with Crippen molar-refractivity contribution in [3.63, 3.8) is 0 Å². The molecule has 2 amide bonds. The maximum atomic E-state index is 12.8. The number of ether oxygens (including phenoxy) is 3. The van der Waals surface area contributed by atoms with Crippen LogP contribution < -0.4 is 20.1 Å². The zero-order valence-electron chi connectivity index (χ0n) is 17.8. The number of hydrogen-bond donors (Lipinski definition) is 4. The van der Waals surface area contributed by atoms with Gasteiger partial charge in [0.2, 0.25) is 12.7 Å². The van der Waals surface area contributed by atoms with E-state index in [4.69, 9.17) is 14.2 Å². The number of fused-ring (bicyclic) bond motifs is 1. The maximum absolute atomic E-state index is 12.8. The number of rotatable bonds is 10. The minimum Gasteiger partial charge on any atom is -0.454 e. The number of amides is 2. The largest absolute Gasteiger partial charge is 0.454 e. The summed E-state index contributed by atoms with van der Waals surface area (Å²) in [7, 11) is 0. The number of hydrogen-bond acceptors (Lipinski definition) is 8. The molecular formula is C21H28N2O8. The number of nitrogens with one attached hydrogen (secondary N) is 2. The van der Waals surface area contributed by atoms with Gasteiger partial charge in [-0.3, -0.25) is 14.4 Å². The average Bonchev–Trinajstić information content (AvgIpc) is 3.40. The second kappa shape index (κ2) is 9.21. The van der Waals surface area contributed by atoms with Gasteiger partial charge in [0, 0.05) is 5.56 Å². The molecule has 3 atom stereocenters. The predicted molar refractivity (Wildman–Crippen MR) is 108 cm³/mol. The Morgan fingerprint density at radius 2 is 1.74 bits per heavy atom. The molecule has 2 unspecified atom stereocenters. The highest BCUT2D eigenvalue weighted by atomic mass is 16.7. The van der Waals surface area contributed by atoms with Crippen LogP contribution in [0.2, 0.25) is 0 Å². The van der Waals surface area contributed by atoms with E-state index in [-0.39, 0.29) is 24.9 Å². The van der Waals surface area contributed by atoms with Crippen LogP contribution in [0.25, 0.3) is 0 Å². The number of Topliss-reactive ketones (excluding diaryl/α,β-unsaturated/α-hetero) is 1. The molecule has 2 aliphatic rings. The summed E-state index contributed by atoms with van der Waals surface area (Å²) in [6.45, 7) is 4.51. The van der Waals surface area contributed by atoms with Crippen molar-refractivity contribution < 1.29 is 38.8 Å². The van der Waals surface area contributed by atoms with Gasteiger partial charge in [-0.25, -0.2) is 0 Å². The van der Waals surface area contributed by atoms with E-state index in [0.717, 1.165) is 0 Å². The van der Waals surface area contributed by atoms with Crippen molar-refractivity contribution >= 4 is 17.6 Å². The van der Waals surface area contributed by atoms with Gasteiger partial charge in [0.05, 0.1) is 25.9 Å². The van der Waals surface area contributed by atoms with Gasteiger partial charge in [0.1, 0.15) is 6.04 Å². The first-order valence-corrected chi connectivity index (χ1v) is 10.1. The maximum Gasteiger partial charge on any atom is 0.252 e. The first-order chi connectivity index (χ1) is 14.7. The second-order valence-electron chi connectivity index (χ2n) is 8.23. The number of benzene rings is 1. The quantitative estimate of drug-likeness (QED) is 0.365. The van der Waals surface area contributed by atoms with Crippen molar-refractivity contribution in [1.29, 1.82) is 0 Å². The smallest absolute Gasteiger partial charge is 0.252 e. The number of aryl methyl sites for hydroxylation is 1. The van der Waals surface area contributed by atoms with Gasteiger partial charge in [-0.1, -0.05) is 13.8 Å². The zero-order chi connectivity index (χ0) is 22.8. The Morgan fingerprint density at radius 1 is 1.10 bits per heavy atom. The number of carbonyl (C=O) groups excluding carboxylic acids is 3. The average molecular weight is 436 g/mol. The van der Waals surface area contributed by atoms with Crippen LogP contribution in [0, 0.1) is 12.8 Å². The second-order valence-corrected chi connectivity index (χ2v) is 8.23. The lowest BCUT2D eigenvalue weighted by Crippen LogP contribution is -2.55. The van der Waals surface area contributed by atoms with Crippen molar-refractivity contribution in [2.24, 2.45) is 5.92 Å². The van der Waals surface area contributed by atoms with Crippen LogP contribution >= 0.6 is 0 Å². The third-order valence-electron chi connectivity index (χ3n) is 5.31. The van der Waals surface area contributed by atoms with Crippen LogP contribution in [0.15, 0.2) is 12.1 Å². The lowest BCUT2D eigenvalue weighted by Gasteiger charge is -2.24. The number of epoxide rings is 1. The summed E-state index contributed by atoms with van der Waals surface area (Å²) in [5.41, 5.74) is -0.396. The summed E-state index contributed by atoms with van der Waals surface area (Å²) >= 11 is 0. The molecule has 10 nitrogen and oxygen atoms in total. The summed E-state index contributed by atoms with van der Waals surface area (Å²) in [6, 6.07) is 0.984. The predicted octanol–water partition coefficient (Wildman–Crippen LogP) is -0.324. The van der Waals surface area contributed by atoms with Crippen LogP contribution in [-0.4, -0.2) is 72.1 Å². The zero-order valence-corrected chi connectivity index (χ0v) is 17.8. The van der Waals surface area contributed by atoms with Gasteiger partial charge in [-0.15, -0.1) is 0 Å². The van der Waals surface area contributed by atoms with Crippen LogP contribution in [0.3, 0.4) is 0 Å². The summed E-state index contributed by atoms with van der Waals surface area (Å²) in [5, 5.41) is 24.2. The molecule has 2 aliphatic heterocycles. The standard InChI is InChI=1S/C21H28N2O8/c1-11(2)4-14(18(26)21(8-25)9-31-21)22-20(28)15(7-24)23-19(27)13-6-17-16(5-12(13)3)29-10-30-17/h5-6,11,14-15,24-25H,4,7-10H2,1-3H3,(H,22,28)(H,23,27)/t14?,15-,21?/m0/s1. The van der Waals surface area contributed by atoms with E-state index in [2.05, 4.69) is 10.6 Å². The van der Waals surface area contributed by atoms with Crippen LogP contribution in [-0.2, 0) is 14.3 Å². The normalized spacial score (nSPS) is 20.8. The number of carbonyl (C=O) groups is 3. The first kappa shape index (κ1) is 23.0. The van der Waals surface area contributed by atoms with E-state index in [1.165, 1.54) is 6.07 Å². The molecular weight excluding hydrogens is 408 g/mol. The van der Waals surface area contributed by atoms with E-state index < -0.39 is 48.5 Å². The van der Waals surface area contributed by atoms with Gasteiger partial charge in [0.15, 0.2) is 22.9 Å². The Hall–Kier alpha value is -2.69. The summed E-state index contributed by atoms with van der Waals surface area (Å²) in [4.78, 5) is 38.3. The molecule has 1 aromatic rings. The topological polar surface area (TPSA) is 147 Å². The van der Waals surface area contributed by atoms with Gasteiger partial charge >= 0.3 is 0 Å². The molecule has 0 radical (unpaired) electrons. The highest BCUT2D eigenvalue weighted by Crippen LogP contribution is 2.34. The molecule has 0 saturated carbocycles. The lowest BCUT2D eigenvalue weighted by atomic mass is 9.92. The van der Waals surface area contributed by atoms with E-state index in [9.17, 15) is 24.6 Å². The summed E-state index contributed by atoms with van der Waals surface area (Å²) in [6.07, 6.45) is 0.322. The molecule has 0 bridgehead atoms. The molecule has 31 heavy (non-hydrogen) atoms. The molecule has 1 saturated heterocycles. The summed E-state index contributed by atoms with van der Waals surface area (Å²) < 4.78 is 15.7. The molecule has 2 heterocycles. The van der Waals surface area contributed by atoms with Crippen molar-refractivity contribution in [3.05, 3.63) is 23.3 Å². The molecule has 170 valence electrons. The fourth-order valence-electron chi connectivity index (χ4n) is 3.41. The van der Waals surface area contributed by atoms with Crippen molar-refractivity contribution in [2.75, 3.05) is 26.6 Å². The minimum atomic E-state index is -1.28. The first-order valence-electron chi connectivity index (χ1n) is 10.1. The Balaban J connectivity index is 1.70. The van der Waals surface area contributed by atoms with E-state index >= 15 is 0 Å². The third-order valence-corrected chi connectivity index (χ3v) is 5.31. The molecule has 1 fully saturated rings. The fourth-order valence-corrected chi connectivity index (χ4v) is 3.41. The molecule has 0 aromatic heterocycles. The molecule has 0 aliphatic carbocycles. The van der Waals surface area contributed by atoms with Gasteiger partial charge in [-0.2, -0.15) is 0 Å². The van der Waals surface area contributed by atoms with Crippen molar-refractivity contribution in [2.45, 2.75) is 44.9 Å². The van der Waals surface area contributed by atoms with Gasteiger partial charge < -0.3 is 35.1 Å². The molecule has 4 N–H and O–H groups in total. The lowest BCUT2D eigenvalue weighted by molar-refractivity contribution is -0.133. The highest BCUT2D eigenvalue weighted by Gasteiger charge is 2.54. The van der Waals surface area contributed by atoms with E-state index in [0.29, 0.717) is 23.5 Å².